The van der Waals surface area contributed by atoms with Crippen LogP contribution < -0.4 is 5.01 Å². The SMILES string of the molecule is CC1=NN2C(=NC1C)C(N1CCN(C)CC1)=Nc1cc(F)c(Br)cc12. The topological polar surface area (TPSA) is 46.8 Å². The number of rotatable bonds is 0. The van der Waals surface area contributed by atoms with Crippen LogP contribution in [0.5, 0.6) is 0 Å². The number of anilines is 1. The van der Waals surface area contributed by atoms with Gasteiger partial charge in [0.2, 0.25) is 0 Å². The molecule has 0 aliphatic carbocycles. The fourth-order valence-corrected chi connectivity index (χ4v) is 3.45. The molecule has 3 aliphatic rings. The second-order valence-corrected chi connectivity index (χ2v) is 7.52. The van der Waals surface area contributed by atoms with E-state index in [1.807, 2.05) is 13.8 Å². The number of hydrogen-bond acceptors (Lipinski definition) is 6. The summed E-state index contributed by atoms with van der Waals surface area (Å²) in [7, 11) is 2.11. The molecule has 0 saturated carbocycles. The van der Waals surface area contributed by atoms with Gasteiger partial charge in [0, 0.05) is 32.2 Å². The molecule has 8 heteroatoms. The van der Waals surface area contributed by atoms with Gasteiger partial charge < -0.3 is 9.80 Å². The van der Waals surface area contributed by atoms with Gasteiger partial charge in [-0.1, -0.05) is 0 Å². The van der Waals surface area contributed by atoms with Crippen LogP contribution in [0.4, 0.5) is 15.8 Å². The van der Waals surface area contributed by atoms with Crippen molar-refractivity contribution in [3.05, 3.63) is 22.4 Å². The van der Waals surface area contributed by atoms with Gasteiger partial charge in [-0.15, -0.1) is 0 Å². The Labute approximate surface area is 154 Å². The van der Waals surface area contributed by atoms with E-state index in [4.69, 9.17) is 15.1 Å². The molecule has 1 aromatic rings. The van der Waals surface area contributed by atoms with Crippen molar-refractivity contribution in [1.29, 1.82) is 0 Å². The molecule has 132 valence electrons. The number of fused-ring (bicyclic) bond motifs is 3. The molecule has 1 fully saturated rings. The maximum Gasteiger partial charge on any atom is 0.193 e. The fraction of sp³-hybridized carbons (Fsp3) is 0.471. The molecule has 1 saturated heterocycles. The lowest BCUT2D eigenvalue weighted by molar-refractivity contribution is 0.217. The van der Waals surface area contributed by atoms with Gasteiger partial charge in [-0.3, -0.25) is 4.99 Å². The largest absolute Gasteiger partial charge is 0.351 e. The summed E-state index contributed by atoms with van der Waals surface area (Å²) in [6, 6.07) is 3.18. The predicted octanol–water partition coefficient (Wildman–Crippen LogP) is 2.86. The molecule has 1 atom stereocenters. The Hall–Kier alpha value is -1.80. The molecule has 4 rings (SSSR count). The Morgan fingerprint density at radius 2 is 1.88 bits per heavy atom. The number of nitrogens with zero attached hydrogens (tertiary/aromatic N) is 6. The highest BCUT2D eigenvalue weighted by molar-refractivity contribution is 9.10. The van der Waals surface area contributed by atoms with Crippen molar-refractivity contribution in [3.8, 4) is 0 Å². The molecule has 6 nitrogen and oxygen atoms in total. The molecule has 0 N–H and O–H groups in total. The molecular formula is C17H20BrFN6. The number of hydrazone groups is 1. The third-order valence-electron chi connectivity index (χ3n) is 4.85. The number of amidine groups is 2. The monoisotopic (exact) mass is 406 g/mol. The lowest BCUT2D eigenvalue weighted by Crippen LogP contribution is -2.54. The minimum atomic E-state index is -0.327. The maximum absolute atomic E-state index is 14.1. The second kappa shape index (κ2) is 6.17. The van der Waals surface area contributed by atoms with Crippen LogP contribution in [0, 0.1) is 5.82 Å². The van der Waals surface area contributed by atoms with Crippen LogP contribution in [0.2, 0.25) is 0 Å². The Morgan fingerprint density at radius 3 is 2.60 bits per heavy atom. The Morgan fingerprint density at radius 1 is 1.16 bits per heavy atom. The predicted molar refractivity (Wildman–Crippen MR) is 103 cm³/mol. The third kappa shape index (κ3) is 2.87. The average molecular weight is 407 g/mol. The van der Waals surface area contributed by atoms with Crippen LogP contribution in [0.25, 0.3) is 0 Å². The summed E-state index contributed by atoms with van der Waals surface area (Å²) >= 11 is 3.26. The minimum Gasteiger partial charge on any atom is -0.351 e. The summed E-state index contributed by atoms with van der Waals surface area (Å²) < 4.78 is 14.5. The summed E-state index contributed by atoms with van der Waals surface area (Å²) in [5.74, 6) is 1.20. The van der Waals surface area contributed by atoms with Crippen LogP contribution in [0.1, 0.15) is 13.8 Å². The highest BCUT2D eigenvalue weighted by atomic mass is 79.9. The van der Waals surface area contributed by atoms with E-state index in [1.165, 1.54) is 6.07 Å². The van der Waals surface area contributed by atoms with Gasteiger partial charge in [0.05, 0.1) is 27.6 Å². The minimum absolute atomic E-state index is 0.00866. The zero-order chi connectivity index (χ0) is 17.7. The van der Waals surface area contributed by atoms with E-state index in [0.29, 0.717) is 10.2 Å². The summed E-state index contributed by atoms with van der Waals surface area (Å²) in [6.07, 6.45) is 0. The first-order valence-electron chi connectivity index (χ1n) is 8.38. The number of hydrogen-bond donors (Lipinski definition) is 0. The van der Waals surface area contributed by atoms with Crippen LogP contribution in [0.3, 0.4) is 0 Å². The number of aliphatic imine (C=N–C) groups is 2. The van der Waals surface area contributed by atoms with Crippen molar-refractivity contribution in [2.24, 2.45) is 15.1 Å². The molecule has 3 aliphatic heterocycles. The number of benzene rings is 1. The lowest BCUT2D eigenvalue weighted by Gasteiger charge is -2.39. The molecule has 0 amide bonds. The van der Waals surface area contributed by atoms with E-state index >= 15 is 0 Å². The van der Waals surface area contributed by atoms with Gasteiger partial charge in [-0.2, -0.15) is 5.10 Å². The molecular weight excluding hydrogens is 387 g/mol. The van der Waals surface area contributed by atoms with Crippen molar-refractivity contribution in [2.45, 2.75) is 19.9 Å². The Bertz CT molecular complexity index is 810. The molecule has 0 spiro atoms. The molecule has 0 bridgehead atoms. The normalized spacial score (nSPS) is 23.6. The highest BCUT2D eigenvalue weighted by Crippen LogP contribution is 2.39. The van der Waals surface area contributed by atoms with Gasteiger partial charge >= 0.3 is 0 Å². The third-order valence-corrected chi connectivity index (χ3v) is 5.46. The summed E-state index contributed by atoms with van der Waals surface area (Å²) in [5, 5.41) is 6.52. The van der Waals surface area contributed by atoms with Gasteiger partial charge in [-0.05, 0) is 42.9 Å². The molecule has 0 aromatic heterocycles. The number of halogens is 2. The molecule has 0 radical (unpaired) electrons. The van der Waals surface area contributed by atoms with Crippen molar-refractivity contribution in [3.63, 3.8) is 0 Å². The molecule has 1 unspecified atom stereocenters. The van der Waals surface area contributed by atoms with Gasteiger partial charge in [0.1, 0.15) is 5.82 Å². The Kier molecular flexibility index (Phi) is 4.11. The number of likely N-dealkylation sites (N-methyl/N-ethyl adjacent to an activating group) is 1. The smallest absolute Gasteiger partial charge is 0.193 e. The Balaban J connectivity index is 1.83. The first-order valence-corrected chi connectivity index (χ1v) is 9.18. The summed E-state index contributed by atoms with van der Waals surface area (Å²) in [4.78, 5) is 14.1. The molecule has 3 heterocycles. The number of piperazine rings is 1. The van der Waals surface area contributed by atoms with E-state index in [-0.39, 0.29) is 11.9 Å². The van der Waals surface area contributed by atoms with Gasteiger partial charge in [0.25, 0.3) is 0 Å². The van der Waals surface area contributed by atoms with E-state index in [9.17, 15) is 4.39 Å². The second-order valence-electron chi connectivity index (χ2n) is 6.66. The fourth-order valence-electron chi connectivity index (χ4n) is 3.12. The van der Waals surface area contributed by atoms with E-state index in [0.717, 1.165) is 49.2 Å². The van der Waals surface area contributed by atoms with Crippen molar-refractivity contribution in [2.75, 3.05) is 38.2 Å². The summed E-state index contributed by atoms with van der Waals surface area (Å²) in [5.41, 5.74) is 2.26. The van der Waals surface area contributed by atoms with Crippen LogP contribution in [-0.2, 0) is 0 Å². The van der Waals surface area contributed by atoms with E-state index in [2.05, 4.69) is 32.8 Å². The standard InChI is InChI=1S/C17H20BrFN6/c1-10-11(2)22-25-15-8-12(18)13(19)9-14(15)21-16(17(25)20-10)24-6-4-23(3)5-7-24/h8-10H,4-7H2,1-3H3. The van der Waals surface area contributed by atoms with Crippen molar-refractivity contribution in [1.82, 2.24) is 9.80 Å². The lowest BCUT2D eigenvalue weighted by atomic mass is 10.1. The van der Waals surface area contributed by atoms with E-state index < -0.39 is 0 Å². The highest BCUT2D eigenvalue weighted by Gasteiger charge is 2.35. The van der Waals surface area contributed by atoms with Gasteiger partial charge in [0.15, 0.2) is 11.7 Å². The van der Waals surface area contributed by atoms with Crippen molar-refractivity contribution < 1.29 is 4.39 Å². The average Bonchev–Trinajstić information content (AvgIpc) is 2.58. The van der Waals surface area contributed by atoms with Gasteiger partial charge in [-0.25, -0.2) is 14.4 Å². The first-order chi connectivity index (χ1) is 11.9. The van der Waals surface area contributed by atoms with Crippen LogP contribution in [0.15, 0.2) is 31.7 Å². The summed E-state index contributed by atoms with van der Waals surface area (Å²) in [6.45, 7) is 7.66. The molecule has 1 aromatic carbocycles. The van der Waals surface area contributed by atoms with Crippen LogP contribution >= 0.6 is 15.9 Å². The quantitative estimate of drug-likeness (QED) is 0.665. The van der Waals surface area contributed by atoms with E-state index in [1.54, 1.807) is 11.1 Å². The van der Waals surface area contributed by atoms with Crippen LogP contribution in [-0.4, -0.2) is 66.5 Å². The van der Waals surface area contributed by atoms with Crippen molar-refractivity contribution >= 4 is 44.7 Å². The molecule has 25 heavy (non-hydrogen) atoms. The zero-order valence-corrected chi connectivity index (χ0v) is 16.1. The zero-order valence-electron chi connectivity index (χ0n) is 14.5. The maximum atomic E-state index is 14.1. The first kappa shape index (κ1) is 16.7.